The smallest absolute Gasteiger partial charge is 0.331 e. The van der Waals surface area contributed by atoms with Crippen molar-refractivity contribution >= 4 is 46.3 Å². The summed E-state index contributed by atoms with van der Waals surface area (Å²) >= 11 is 6.62. The fourth-order valence-corrected chi connectivity index (χ4v) is 2.30. The number of carbonyl (C=O) groups is 3. The average molecular weight is 325 g/mol. The Labute approximate surface area is 129 Å². The molecule has 6 nitrogen and oxygen atoms in total. The minimum Gasteiger partial charge on any atom is -0.466 e. The first kappa shape index (κ1) is 15.3. The lowest BCUT2D eigenvalue weighted by Gasteiger charge is -1.97. The van der Waals surface area contributed by atoms with E-state index in [-0.39, 0.29) is 10.1 Å². The Morgan fingerprint density at radius 2 is 2.00 bits per heavy atom. The Morgan fingerprint density at radius 1 is 1.33 bits per heavy atom. The number of hydrogen-bond donors (Lipinski definition) is 1. The van der Waals surface area contributed by atoms with E-state index >= 15 is 0 Å². The van der Waals surface area contributed by atoms with E-state index in [4.69, 9.17) is 11.6 Å². The summed E-state index contributed by atoms with van der Waals surface area (Å²) in [4.78, 5) is 38.5. The van der Waals surface area contributed by atoms with Crippen LogP contribution in [0.2, 0.25) is 5.02 Å². The van der Waals surface area contributed by atoms with Gasteiger partial charge in [-0.2, -0.15) is 4.99 Å². The normalized spacial score (nSPS) is 17.9. The zero-order chi connectivity index (χ0) is 15.4. The third kappa shape index (κ3) is 3.93. The van der Waals surface area contributed by atoms with Crippen molar-refractivity contribution in [2.45, 2.75) is 0 Å². The van der Waals surface area contributed by atoms with E-state index in [1.807, 2.05) is 0 Å². The maximum atomic E-state index is 11.9. The quantitative estimate of drug-likeness (QED) is 0.662. The Balaban J connectivity index is 2.14. The van der Waals surface area contributed by atoms with Gasteiger partial charge in [0.15, 0.2) is 5.17 Å². The van der Waals surface area contributed by atoms with E-state index < -0.39 is 17.8 Å². The van der Waals surface area contributed by atoms with Crippen LogP contribution in [0.5, 0.6) is 0 Å². The number of amidine groups is 1. The van der Waals surface area contributed by atoms with Crippen LogP contribution < -0.4 is 5.32 Å². The van der Waals surface area contributed by atoms with E-state index in [1.54, 1.807) is 12.1 Å². The number of nitrogens with one attached hydrogen (secondary N) is 1. The topological polar surface area (TPSA) is 84.8 Å². The van der Waals surface area contributed by atoms with Gasteiger partial charge in [-0.25, -0.2) is 4.79 Å². The minimum atomic E-state index is -0.655. The van der Waals surface area contributed by atoms with Crippen molar-refractivity contribution in [2.75, 3.05) is 7.11 Å². The third-order valence-electron chi connectivity index (χ3n) is 2.40. The molecular weight excluding hydrogens is 316 g/mol. The second-order valence-corrected chi connectivity index (χ2v) is 5.28. The Morgan fingerprint density at radius 3 is 2.62 bits per heavy atom. The van der Waals surface area contributed by atoms with Crippen molar-refractivity contribution in [2.24, 2.45) is 4.99 Å². The van der Waals surface area contributed by atoms with Crippen molar-refractivity contribution < 1.29 is 19.1 Å². The molecule has 0 saturated carbocycles. The molecule has 0 unspecified atom stereocenters. The van der Waals surface area contributed by atoms with Gasteiger partial charge in [-0.05, 0) is 36.0 Å². The van der Waals surface area contributed by atoms with Crippen molar-refractivity contribution in [3.63, 3.8) is 0 Å². The lowest BCUT2D eigenvalue weighted by Crippen LogP contribution is -2.21. The van der Waals surface area contributed by atoms with E-state index in [0.29, 0.717) is 10.6 Å². The van der Waals surface area contributed by atoms with Crippen molar-refractivity contribution in [3.05, 3.63) is 45.8 Å². The molecule has 2 rings (SSSR count). The van der Waals surface area contributed by atoms with Gasteiger partial charge >= 0.3 is 5.97 Å². The Hall–Kier alpha value is -2.12. The molecule has 0 aliphatic carbocycles. The lowest BCUT2D eigenvalue weighted by atomic mass is 10.2. The highest BCUT2D eigenvalue weighted by Crippen LogP contribution is 2.24. The number of esters is 1. The molecule has 0 aromatic heterocycles. The second-order valence-electron chi connectivity index (χ2n) is 3.82. The molecule has 0 radical (unpaired) electrons. The molecule has 1 aromatic rings. The maximum absolute atomic E-state index is 11.9. The molecule has 0 bridgehead atoms. The van der Waals surface area contributed by atoms with Gasteiger partial charge in [-0.1, -0.05) is 11.6 Å². The molecule has 1 heterocycles. The van der Waals surface area contributed by atoms with Gasteiger partial charge in [-0.3, -0.25) is 9.59 Å². The van der Waals surface area contributed by atoms with Crippen LogP contribution in [0.3, 0.4) is 0 Å². The first-order valence-electron chi connectivity index (χ1n) is 5.67. The number of ether oxygens (including phenoxy) is 1. The second kappa shape index (κ2) is 6.55. The molecule has 8 heteroatoms. The fraction of sp³-hybridized carbons (Fsp3) is 0.0769. The van der Waals surface area contributed by atoms with Gasteiger partial charge in [0.25, 0.3) is 11.8 Å². The van der Waals surface area contributed by atoms with Crippen molar-refractivity contribution in [1.29, 1.82) is 0 Å². The van der Waals surface area contributed by atoms with Gasteiger partial charge in [-0.15, -0.1) is 0 Å². The molecular formula is C13H9ClN2O4S. The predicted molar refractivity (Wildman–Crippen MR) is 79.1 cm³/mol. The van der Waals surface area contributed by atoms with Crippen LogP contribution in [0.25, 0.3) is 0 Å². The van der Waals surface area contributed by atoms with E-state index in [0.717, 1.165) is 17.8 Å². The van der Waals surface area contributed by atoms with Crippen LogP contribution in [0.15, 0.2) is 40.2 Å². The molecule has 1 aromatic carbocycles. The number of benzene rings is 1. The summed E-state index contributed by atoms with van der Waals surface area (Å²) in [6.45, 7) is 0. The highest BCUT2D eigenvalue weighted by atomic mass is 35.5. The third-order valence-corrected chi connectivity index (χ3v) is 3.56. The van der Waals surface area contributed by atoms with Gasteiger partial charge in [0.1, 0.15) is 0 Å². The van der Waals surface area contributed by atoms with Crippen LogP contribution in [0.4, 0.5) is 0 Å². The van der Waals surface area contributed by atoms with E-state index in [2.05, 4.69) is 15.0 Å². The van der Waals surface area contributed by atoms with E-state index in [1.165, 1.54) is 19.2 Å². The molecule has 1 saturated heterocycles. The highest BCUT2D eigenvalue weighted by molar-refractivity contribution is 8.18. The zero-order valence-corrected chi connectivity index (χ0v) is 12.3. The van der Waals surface area contributed by atoms with Crippen molar-refractivity contribution in [1.82, 2.24) is 5.32 Å². The average Bonchev–Trinajstić information content (AvgIpc) is 2.79. The summed E-state index contributed by atoms with van der Waals surface area (Å²) in [5, 5.41) is 3.01. The summed E-state index contributed by atoms with van der Waals surface area (Å²) in [7, 11) is 1.20. The molecule has 1 fully saturated rings. The molecule has 1 N–H and O–H groups in total. The van der Waals surface area contributed by atoms with Gasteiger partial charge < -0.3 is 10.1 Å². The van der Waals surface area contributed by atoms with Crippen LogP contribution in [-0.2, 0) is 14.3 Å². The van der Waals surface area contributed by atoms with Gasteiger partial charge in [0, 0.05) is 16.7 Å². The zero-order valence-electron chi connectivity index (χ0n) is 10.8. The molecule has 108 valence electrons. The fourth-order valence-electron chi connectivity index (χ4n) is 1.40. The summed E-state index contributed by atoms with van der Waals surface area (Å²) in [5.74, 6) is -1.68. The highest BCUT2D eigenvalue weighted by Gasteiger charge is 2.25. The number of nitrogens with zero attached hydrogens (tertiary/aromatic N) is 1. The number of thioether (sulfide) groups is 1. The standard InChI is InChI=1S/C13H9ClN2O4S/c1-20-10(17)6-9-12(19)16-13(21-9)15-11(18)7-2-4-8(14)5-3-7/h2-6H,1H3,(H,15,16,18,19). The van der Waals surface area contributed by atoms with Crippen molar-refractivity contribution in [3.8, 4) is 0 Å². The molecule has 21 heavy (non-hydrogen) atoms. The minimum absolute atomic E-state index is 0.107. The lowest BCUT2D eigenvalue weighted by molar-refractivity contribution is -0.135. The summed E-state index contributed by atoms with van der Waals surface area (Å²) in [6.07, 6.45) is 1.04. The van der Waals surface area contributed by atoms with Crippen LogP contribution in [0.1, 0.15) is 10.4 Å². The number of rotatable bonds is 2. The van der Waals surface area contributed by atoms with Gasteiger partial charge in [0.05, 0.1) is 12.0 Å². The maximum Gasteiger partial charge on any atom is 0.331 e. The number of aliphatic imine (C=N–C) groups is 1. The summed E-state index contributed by atoms with van der Waals surface area (Å²) in [6, 6.07) is 6.19. The SMILES string of the molecule is COC(=O)C=C1SC(=NC(=O)c2ccc(Cl)cc2)NC1=O. The Kier molecular flexibility index (Phi) is 4.77. The van der Waals surface area contributed by atoms with Crippen LogP contribution in [-0.4, -0.2) is 30.1 Å². The number of halogens is 1. The largest absolute Gasteiger partial charge is 0.466 e. The number of carbonyl (C=O) groups excluding carboxylic acids is 3. The first-order chi connectivity index (χ1) is 9.99. The Bertz CT molecular complexity index is 667. The van der Waals surface area contributed by atoms with E-state index in [9.17, 15) is 14.4 Å². The number of amides is 2. The molecule has 0 spiro atoms. The number of methoxy groups -OCH3 is 1. The molecule has 1 aliphatic rings. The summed E-state index contributed by atoms with van der Waals surface area (Å²) < 4.78 is 4.43. The predicted octanol–water partition coefficient (Wildman–Crippen LogP) is 1.76. The molecule has 2 amide bonds. The van der Waals surface area contributed by atoms with Crippen LogP contribution in [0, 0.1) is 0 Å². The molecule has 1 aliphatic heterocycles. The molecule has 0 atom stereocenters. The first-order valence-corrected chi connectivity index (χ1v) is 6.86. The van der Waals surface area contributed by atoms with Gasteiger partial charge in [0.2, 0.25) is 0 Å². The number of hydrogen-bond acceptors (Lipinski definition) is 5. The van der Waals surface area contributed by atoms with Crippen LogP contribution >= 0.6 is 23.4 Å². The monoisotopic (exact) mass is 324 g/mol. The summed E-state index contributed by atoms with van der Waals surface area (Å²) in [5.41, 5.74) is 0.340.